The SMILES string of the molecule is COc1cc(NC(=O)CCCc2ccc(-c3ccccc3)c(NC(=O)O)c2)c(Cl)cc1CO. The van der Waals surface area contributed by atoms with Crippen molar-refractivity contribution in [2.45, 2.75) is 25.9 Å². The molecule has 0 atom stereocenters. The number of benzene rings is 3. The third-order valence-electron chi connectivity index (χ3n) is 5.09. The van der Waals surface area contributed by atoms with Crippen LogP contribution in [-0.4, -0.2) is 29.3 Å². The molecule has 33 heavy (non-hydrogen) atoms. The van der Waals surface area contributed by atoms with E-state index in [0.29, 0.717) is 40.6 Å². The highest BCUT2D eigenvalue weighted by atomic mass is 35.5. The van der Waals surface area contributed by atoms with E-state index in [2.05, 4.69) is 10.6 Å². The third kappa shape index (κ3) is 6.47. The van der Waals surface area contributed by atoms with Gasteiger partial charge in [0.2, 0.25) is 5.91 Å². The van der Waals surface area contributed by atoms with E-state index in [1.54, 1.807) is 18.2 Å². The molecule has 2 amide bonds. The quantitative estimate of drug-likeness (QED) is 0.329. The minimum Gasteiger partial charge on any atom is -0.496 e. The average Bonchev–Trinajstić information content (AvgIpc) is 2.80. The summed E-state index contributed by atoms with van der Waals surface area (Å²) in [6.45, 7) is -0.223. The Labute approximate surface area is 197 Å². The smallest absolute Gasteiger partial charge is 0.409 e. The van der Waals surface area contributed by atoms with Crippen molar-refractivity contribution in [3.8, 4) is 16.9 Å². The lowest BCUT2D eigenvalue weighted by Crippen LogP contribution is -2.12. The number of amides is 2. The van der Waals surface area contributed by atoms with Crippen LogP contribution in [0.5, 0.6) is 5.75 Å². The van der Waals surface area contributed by atoms with Gasteiger partial charge in [-0.25, -0.2) is 4.79 Å². The maximum absolute atomic E-state index is 12.4. The molecule has 0 aliphatic carbocycles. The Bertz CT molecular complexity index is 1140. The molecule has 0 spiro atoms. The van der Waals surface area contributed by atoms with Gasteiger partial charge in [-0.3, -0.25) is 10.1 Å². The molecule has 172 valence electrons. The Morgan fingerprint density at radius 2 is 1.76 bits per heavy atom. The minimum atomic E-state index is -1.14. The molecule has 0 radical (unpaired) electrons. The van der Waals surface area contributed by atoms with Crippen LogP contribution in [0.3, 0.4) is 0 Å². The zero-order valence-corrected chi connectivity index (χ0v) is 18.9. The van der Waals surface area contributed by atoms with E-state index in [4.69, 9.17) is 16.3 Å². The summed E-state index contributed by atoms with van der Waals surface area (Å²) in [5.41, 5.74) is 4.05. The first kappa shape index (κ1) is 24.1. The second-order valence-corrected chi connectivity index (χ2v) is 7.79. The summed E-state index contributed by atoms with van der Waals surface area (Å²) >= 11 is 6.20. The van der Waals surface area contributed by atoms with Crippen LogP contribution in [0.4, 0.5) is 16.2 Å². The predicted octanol–water partition coefficient (Wildman–Crippen LogP) is 5.56. The summed E-state index contributed by atoms with van der Waals surface area (Å²) in [5.74, 6) is 0.231. The Balaban J connectivity index is 1.64. The van der Waals surface area contributed by atoms with Crippen LogP contribution in [0.2, 0.25) is 5.02 Å². The van der Waals surface area contributed by atoms with E-state index in [1.807, 2.05) is 42.5 Å². The second-order valence-electron chi connectivity index (χ2n) is 7.38. The maximum atomic E-state index is 12.4. The monoisotopic (exact) mass is 468 g/mol. The van der Waals surface area contributed by atoms with Crippen molar-refractivity contribution < 1.29 is 24.5 Å². The van der Waals surface area contributed by atoms with Gasteiger partial charge >= 0.3 is 6.09 Å². The van der Waals surface area contributed by atoms with E-state index in [1.165, 1.54) is 7.11 Å². The van der Waals surface area contributed by atoms with Crippen molar-refractivity contribution in [1.29, 1.82) is 0 Å². The van der Waals surface area contributed by atoms with Gasteiger partial charge in [-0.15, -0.1) is 0 Å². The second kappa shape index (κ2) is 11.4. The number of rotatable bonds is 9. The zero-order chi connectivity index (χ0) is 23.8. The van der Waals surface area contributed by atoms with Crippen molar-refractivity contribution in [1.82, 2.24) is 0 Å². The van der Waals surface area contributed by atoms with Crippen molar-refractivity contribution in [2.75, 3.05) is 17.7 Å². The van der Waals surface area contributed by atoms with E-state index in [0.717, 1.165) is 16.7 Å². The van der Waals surface area contributed by atoms with E-state index in [-0.39, 0.29) is 18.9 Å². The fraction of sp³-hybridized carbons (Fsp3) is 0.200. The molecule has 0 saturated heterocycles. The number of carboxylic acid groups (broad SMARTS) is 1. The van der Waals surface area contributed by atoms with Gasteiger partial charge in [0.05, 0.1) is 30.1 Å². The van der Waals surface area contributed by atoms with Crippen molar-refractivity contribution in [2.24, 2.45) is 0 Å². The number of halogens is 1. The van der Waals surface area contributed by atoms with E-state index in [9.17, 15) is 19.8 Å². The van der Waals surface area contributed by atoms with Gasteiger partial charge in [-0.2, -0.15) is 0 Å². The number of methoxy groups -OCH3 is 1. The van der Waals surface area contributed by atoms with Crippen LogP contribution in [0.1, 0.15) is 24.0 Å². The normalized spacial score (nSPS) is 10.5. The summed E-state index contributed by atoms with van der Waals surface area (Å²) in [4.78, 5) is 23.7. The molecule has 7 nitrogen and oxygen atoms in total. The van der Waals surface area contributed by atoms with E-state index < -0.39 is 6.09 Å². The first-order chi connectivity index (χ1) is 15.9. The molecule has 3 rings (SSSR count). The number of hydrogen-bond donors (Lipinski definition) is 4. The number of carbonyl (C=O) groups excluding carboxylic acids is 1. The summed E-state index contributed by atoms with van der Waals surface area (Å²) in [5, 5.41) is 24.1. The highest BCUT2D eigenvalue weighted by Crippen LogP contribution is 2.32. The van der Waals surface area contributed by atoms with Gasteiger partial charge in [0.1, 0.15) is 5.75 Å². The molecule has 8 heteroatoms. The Hall–Kier alpha value is -3.55. The summed E-state index contributed by atoms with van der Waals surface area (Å²) in [6.07, 6.45) is 0.273. The molecule has 0 unspecified atom stereocenters. The topological polar surface area (TPSA) is 108 Å². The van der Waals surface area contributed by atoms with Crippen LogP contribution in [-0.2, 0) is 17.8 Å². The molecule has 0 aromatic heterocycles. The van der Waals surface area contributed by atoms with Gasteiger partial charge in [0.25, 0.3) is 0 Å². The molecule has 0 aliphatic rings. The highest BCUT2D eigenvalue weighted by molar-refractivity contribution is 6.33. The van der Waals surface area contributed by atoms with Gasteiger partial charge in [-0.1, -0.05) is 54.1 Å². The summed E-state index contributed by atoms with van der Waals surface area (Å²) < 4.78 is 5.21. The predicted molar refractivity (Wildman–Crippen MR) is 129 cm³/mol. The number of hydrogen-bond acceptors (Lipinski definition) is 4. The van der Waals surface area contributed by atoms with Gasteiger partial charge < -0.3 is 20.3 Å². The number of aliphatic hydroxyl groups is 1. The third-order valence-corrected chi connectivity index (χ3v) is 5.41. The lowest BCUT2D eigenvalue weighted by molar-refractivity contribution is -0.116. The number of nitrogens with one attached hydrogen (secondary N) is 2. The molecule has 0 saturated carbocycles. The van der Waals surface area contributed by atoms with Crippen LogP contribution >= 0.6 is 11.6 Å². The van der Waals surface area contributed by atoms with Crippen LogP contribution < -0.4 is 15.4 Å². The Kier molecular flexibility index (Phi) is 8.29. The van der Waals surface area contributed by atoms with Gasteiger partial charge in [0, 0.05) is 23.6 Å². The van der Waals surface area contributed by atoms with E-state index >= 15 is 0 Å². The van der Waals surface area contributed by atoms with Gasteiger partial charge in [-0.05, 0) is 36.1 Å². The maximum Gasteiger partial charge on any atom is 0.409 e. The first-order valence-corrected chi connectivity index (χ1v) is 10.7. The molecule has 0 bridgehead atoms. The fourth-order valence-corrected chi connectivity index (χ4v) is 3.74. The fourth-order valence-electron chi connectivity index (χ4n) is 3.50. The molecule has 3 aromatic carbocycles. The molecular formula is C25H25ClN2O5. The molecule has 3 aromatic rings. The number of anilines is 2. The largest absolute Gasteiger partial charge is 0.496 e. The van der Waals surface area contributed by atoms with Crippen molar-refractivity contribution in [3.63, 3.8) is 0 Å². The molecule has 0 aliphatic heterocycles. The highest BCUT2D eigenvalue weighted by Gasteiger charge is 2.13. The summed E-state index contributed by atoms with van der Waals surface area (Å²) in [6, 6.07) is 18.3. The lowest BCUT2D eigenvalue weighted by Gasteiger charge is -2.13. The minimum absolute atomic E-state index is 0.208. The lowest BCUT2D eigenvalue weighted by atomic mass is 9.99. The molecule has 4 N–H and O–H groups in total. The van der Waals surface area contributed by atoms with Crippen molar-refractivity contribution >= 4 is 35.0 Å². The molecule has 0 fully saturated rings. The number of carbonyl (C=O) groups is 2. The van der Waals surface area contributed by atoms with Crippen molar-refractivity contribution in [3.05, 3.63) is 76.8 Å². The van der Waals surface area contributed by atoms with Crippen LogP contribution in [0.25, 0.3) is 11.1 Å². The Morgan fingerprint density at radius 1 is 1.00 bits per heavy atom. The van der Waals surface area contributed by atoms with Gasteiger partial charge in [0.15, 0.2) is 0 Å². The van der Waals surface area contributed by atoms with Crippen LogP contribution in [0.15, 0.2) is 60.7 Å². The first-order valence-electron chi connectivity index (χ1n) is 10.4. The number of ether oxygens (including phenoxy) is 1. The number of aliphatic hydroxyl groups excluding tert-OH is 1. The standard InChI is InChI=1S/C25H25ClN2O5/c1-33-23-14-22(20(26)13-18(23)15-29)27-24(30)9-5-6-16-10-11-19(17-7-3-2-4-8-17)21(12-16)28-25(31)32/h2-4,7-8,10-14,28-29H,5-6,9,15H2,1H3,(H,27,30)(H,31,32). The Morgan fingerprint density at radius 3 is 2.42 bits per heavy atom. The average molecular weight is 469 g/mol. The van der Waals surface area contributed by atoms with Crippen LogP contribution in [0, 0.1) is 0 Å². The zero-order valence-electron chi connectivity index (χ0n) is 18.1. The number of aryl methyl sites for hydroxylation is 1. The summed E-state index contributed by atoms with van der Waals surface area (Å²) in [7, 11) is 1.48. The molecular weight excluding hydrogens is 444 g/mol. The molecule has 0 heterocycles.